The minimum Gasteiger partial charge on any atom is -0.493 e. The van der Waals surface area contributed by atoms with E-state index in [-0.39, 0.29) is 17.0 Å². The van der Waals surface area contributed by atoms with E-state index in [0.717, 1.165) is 0 Å². The Kier molecular flexibility index (Phi) is 12.2. The fraction of sp³-hybridized carbons (Fsp3) is 0.240. The molecule has 0 bridgehead atoms. The van der Waals surface area contributed by atoms with E-state index in [4.69, 9.17) is 60.6 Å². The first-order chi connectivity index (χ1) is 16.3. The highest BCUT2D eigenvalue weighted by atomic mass is 35.5. The van der Waals surface area contributed by atoms with Crippen LogP contribution in [0.1, 0.15) is 16.8 Å². The van der Waals surface area contributed by atoms with Gasteiger partial charge in [0.2, 0.25) is 0 Å². The topological polar surface area (TPSA) is 48.0 Å². The number of hydrogen-bond acceptors (Lipinski definition) is 4. The summed E-state index contributed by atoms with van der Waals surface area (Å²) in [7, 11) is 0. The predicted octanol–water partition coefficient (Wildman–Crippen LogP) is 7.35. The first kappa shape index (κ1) is 27.9. The second kappa shape index (κ2) is 14.8. The molecule has 0 atom stereocenters. The molecule has 34 heavy (non-hydrogen) atoms. The number of benzene rings is 2. The molecule has 0 aliphatic rings. The first-order valence-corrected chi connectivity index (χ1v) is 11.9. The molecule has 2 rings (SSSR count). The van der Waals surface area contributed by atoms with E-state index in [1.54, 1.807) is 53.5 Å². The molecule has 0 aliphatic carbocycles. The predicted molar refractivity (Wildman–Crippen MR) is 140 cm³/mol. The minimum absolute atomic E-state index is 0.0933. The molecule has 0 saturated heterocycles. The average Bonchev–Trinajstić information content (AvgIpc) is 2.80. The summed E-state index contributed by atoms with van der Waals surface area (Å²) in [5.41, 5.74) is 0.567. The Morgan fingerprint density at radius 3 is 2.03 bits per heavy atom. The fourth-order valence-electron chi connectivity index (χ4n) is 2.81. The summed E-state index contributed by atoms with van der Waals surface area (Å²) in [5.74, 6) is 1.40. The summed E-state index contributed by atoms with van der Waals surface area (Å²) >= 11 is 23.6. The van der Waals surface area contributed by atoms with Crippen LogP contribution in [0.5, 0.6) is 17.2 Å². The Balaban J connectivity index is 1.80. The summed E-state index contributed by atoms with van der Waals surface area (Å²) in [4.78, 5) is 14.2. The second-order valence-corrected chi connectivity index (χ2v) is 8.71. The van der Waals surface area contributed by atoms with Crippen LogP contribution in [-0.4, -0.2) is 43.7 Å². The summed E-state index contributed by atoms with van der Waals surface area (Å²) in [6.07, 6.45) is 5.46. The number of halogens is 4. The molecular formula is C25H25Cl4NO4. The van der Waals surface area contributed by atoms with E-state index < -0.39 is 0 Å². The summed E-state index contributed by atoms with van der Waals surface area (Å²) < 4.78 is 17.0. The number of amides is 1. The van der Waals surface area contributed by atoms with Gasteiger partial charge in [-0.25, -0.2) is 0 Å². The van der Waals surface area contributed by atoms with E-state index in [2.05, 4.69) is 13.2 Å². The highest BCUT2D eigenvalue weighted by Crippen LogP contribution is 2.37. The standard InChI is InChI=1S/C25H25Cl4NO4/c1-3-11-30(12-4-2)25(31)18-6-8-19(9-7-18)32-13-5-14-34-24-21(26)16-20(17-22(24)27)33-15-10-23(28)29/h3-4,6-10,16-17H,1-2,5,11-15H2. The number of carbonyl (C=O) groups is 1. The van der Waals surface area contributed by atoms with Gasteiger partial charge < -0.3 is 19.1 Å². The summed E-state index contributed by atoms with van der Waals surface area (Å²) in [5, 5.41) is 0.651. The first-order valence-electron chi connectivity index (χ1n) is 10.4. The van der Waals surface area contributed by atoms with Crippen LogP contribution in [0.25, 0.3) is 0 Å². The van der Waals surface area contributed by atoms with Gasteiger partial charge in [-0.15, -0.1) is 13.2 Å². The van der Waals surface area contributed by atoms with Crippen LogP contribution in [0.2, 0.25) is 10.0 Å². The highest BCUT2D eigenvalue weighted by molar-refractivity contribution is 6.55. The Bertz CT molecular complexity index is 971. The third-order valence-electron chi connectivity index (χ3n) is 4.35. The van der Waals surface area contributed by atoms with Crippen LogP contribution < -0.4 is 14.2 Å². The zero-order valence-electron chi connectivity index (χ0n) is 18.4. The Morgan fingerprint density at radius 1 is 0.882 bits per heavy atom. The van der Waals surface area contributed by atoms with Gasteiger partial charge in [-0.05, 0) is 30.3 Å². The lowest BCUT2D eigenvalue weighted by molar-refractivity contribution is 0.0791. The van der Waals surface area contributed by atoms with Crippen molar-refractivity contribution in [2.75, 3.05) is 32.9 Å². The molecule has 0 aromatic heterocycles. The molecule has 2 aromatic carbocycles. The van der Waals surface area contributed by atoms with Gasteiger partial charge in [-0.2, -0.15) is 0 Å². The van der Waals surface area contributed by atoms with Crippen molar-refractivity contribution in [1.29, 1.82) is 0 Å². The van der Waals surface area contributed by atoms with Crippen LogP contribution in [0.4, 0.5) is 0 Å². The Hall–Kier alpha value is -2.31. The molecular weight excluding hydrogens is 520 g/mol. The fourth-order valence-corrected chi connectivity index (χ4v) is 3.51. The van der Waals surface area contributed by atoms with Gasteiger partial charge >= 0.3 is 0 Å². The quantitative estimate of drug-likeness (QED) is 0.184. The van der Waals surface area contributed by atoms with Crippen molar-refractivity contribution in [3.05, 3.63) is 87.9 Å². The van der Waals surface area contributed by atoms with Crippen molar-refractivity contribution in [1.82, 2.24) is 4.90 Å². The van der Waals surface area contributed by atoms with Gasteiger partial charge in [0.15, 0.2) is 5.75 Å². The second-order valence-electron chi connectivity index (χ2n) is 6.88. The lowest BCUT2D eigenvalue weighted by Crippen LogP contribution is -2.31. The van der Waals surface area contributed by atoms with Crippen molar-refractivity contribution in [2.45, 2.75) is 6.42 Å². The monoisotopic (exact) mass is 543 g/mol. The van der Waals surface area contributed by atoms with Crippen LogP contribution in [0.3, 0.4) is 0 Å². The molecule has 182 valence electrons. The van der Waals surface area contributed by atoms with Crippen molar-refractivity contribution in [2.24, 2.45) is 0 Å². The van der Waals surface area contributed by atoms with Gasteiger partial charge in [0.25, 0.3) is 5.91 Å². The molecule has 0 saturated carbocycles. The van der Waals surface area contributed by atoms with E-state index in [0.29, 0.717) is 65.6 Å². The molecule has 2 aromatic rings. The molecule has 0 heterocycles. The molecule has 0 N–H and O–H groups in total. The van der Waals surface area contributed by atoms with E-state index in [9.17, 15) is 4.79 Å². The van der Waals surface area contributed by atoms with Crippen molar-refractivity contribution in [3.63, 3.8) is 0 Å². The van der Waals surface area contributed by atoms with Crippen LogP contribution >= 0.6 is 46.4 Å². The molecule has 0 unspecified atom stereocenters. The third-order valence-corrected chi connectivity index (χ3v) is 5.22. The number of ether oxygens (including phenoxy) is 3. The number of nitrogens with zero attached hydrogens (tertiary/aromatic N) is 1. The zero-order chi connectivity index (χ0) is 24.9. The third kappa shape index (κ3) is 9.15. The minimum atomic E-state index is -0.0933. The van der Waals surface area contributed by atoms with Crippen LogP contribution in [0, 0.1) is 0 Å². The maximum Gasteiger partial charge on any atom is 0.254 e. The number of carbonyl (C=O) groups excluding carboxylic acids is 1. The Morgan fingerprint density at radius 2 is 1.47 bits per heavy atom. The zero-order valence-corrected chi connectivity index (χ0v) is 21.5. The van der Waals surface area contributed by atoms with E-state index >= 15 is 0 Å². The lowest BCUT2D eigenvalue weighted by atomic mass is 10.2. The molecule has 0 aliphatic heterocycles. The SMILES string of the molecule is C=CCN(CC=C)C(=O)c1ccc(OCCCOc2c(Cl)cc(OCC=C(Cl)Cl)cc2Cl)cc1. The maximum atomic E-state index is 12.6. The lowest BCUT2D eigenvalue weighted by Gasteiger charge is -2.19. The number of hydrogen-bond donors (Lipinski definition) is 0. The van der Waals surface area contributed by atoms with E-state index in [1.807, 2.05) is 0 Å². The molecule has 5 nitrogen and oxygen atoms in total. The normalized spacial score (nSPS) is 10.2. The van der Waals surface area contributed by atoms with Gasteiger partial charge in [0.1, 0.15) is 22.6 Å². The van der Waals surface area contributed by atoms with Crippen LogP contribution in [0.15, 0.2) is 72.3 Å². The Labute approximate surface area is 220 Å². The molecule has 9 heteroatoms. The smallest absolute Gasteiger partial charge is 0.254 e. The largest absolute Gasteiger partial charge is 0.493 e. The summed E-state index contributed by atoms with van der Waals surface area (Å²) in [6.45, 7) is 9.21. The van der Waals surface area contributed by atoms with Crippen molar-refractivity contribution >= 4 is 52.3 Å². The molecule has 0 fully saturated rings. The van der Waals surface area contributed by atoms with E-state index in [1.165, 1.54) is 6.08 Å². The maximum absolute atomic E-state index is 12.6. The molecule has 0 radical (unpaired) electrons. The summed E-state index contributed by atoms with van der Waals surface area (Å²) in [6, 6.07) is 10.2. The van der Waals surface area contributed by atoms with Crippen LogP contribution in [-0.2, 0) is 0 Å². The highest BCUT2D eigenvalue weighted by Gasteiger charge is 2.13. The average molecular weight is 545 g/mol. The van der Waals surface area contributed by atoms with Crippen molar-refractivity contribution < 1.29 is 19.0 Å². The molecule has 1 amide bonds. The van der Waals surface area contributed by atoms with Gasteiger partial charge in [0.05, 0.1) is 23.3 Å². The van der Waals surface area contributed by atoms with Gasteiger partial charge in [-0.3, -0.25) is 4.79 Å². The van der Waals surface area contributed by atoms with Crippen molar-refractivity contribution in [3.8, 4) is 17.2 Å². The number of rotatable bonds is 14. The van der Waals surface area contributed by atoms with Gasteiger partial charge in [-0.1, -0.05) is 58.6 Å². The van der Waals surface area contributed by atoms with Gasteiger partial charge in [0, 0.05) is 37.2 Å². The molecule has 0 spiro atoms.